The molecule has 0 aliphatic rings. The minimum atomic E-state index is 0.769. The third kappa shape index (κ3) is 22.4. The van der Waals surface area contributed by atoms with E-state index in [4.69, 9.17) is 0 Å². The van der Waals surface area contributed by atoms with E-state index in [9.17, 15) is 0 Å². The summed E-state index contributed by atoms with van der Waals surface area (Å²) in [6, 6.07) is 0. The van der Waals surface area contributed by atoms with Crippen molar-refractivity contribution < 1.29 is 17.1 Å². The maximum absolute atomic E-state index is 3.61. The first kappa shape index (κ1) is 15.0. The molecular formula is C10H21PRu. The first-order valence-corrected chi connectivity index (χ1v) is 8.13. The Balaban J connectivity index is 0. The van der Waals surface area contributed by atoms with Crippen LogP contribution in [0.3, 0.4) is 0 Å². The van der Waals surface area contributed by atoms with Crippen molar-refractivity contribution in [3.05, 3.63) is 25.3 Å². The molecule has 0 heterocycles. The molecule has 0 fully saturated rings. The fraction of sp³-hybridized carbons (Fsp3) is 0.600. The molecule has 0 nitrogen and oxygen atoms in total. The van der Waals surface area contributed by atoms with Gasteiger partial charge < -0.3 is 0 Å². The molecule has 0 saturated carbocycles. The van der Waals surface area contributed by atoms with E-state index in [2.05, 4.69) is 27.0 Å². The van der Waals surface area contributed by atoms with Gasteiger partial charge in [0.1, 0.15) is 0 Å². The summed E-state index contributed by atoms with van der Waals surface area (Å²) in [7, 11) is 0.996. The molecule has 0 amide bonds. The van der Waals surface area contributed by atoms with Gasteiger partial charge in [0.25, 0.3) is 0 Å². The molecule has 0 saturated heterocycles. The van der Waals surface area contributed by atoms with Crippen LogP contribution in [0.15, 0.2) is 25.3 Å². The van der Waals surface area contributed by atoms with Crippen LogP contribution in [-0.4, -0.2) is 12.3 Å². The number of rotatable bonds is 6. The number of hydrogen-bond donors (Lipinski definition) is 0. The van der Waals surface area contributed by atoms with E-state index in [0.717, 1.165) is 38.0 Å². The first-order chi connectivity index (χ1) is 5.83. The van der Waals surface area contributed by atoms with Gasteiger partial charge in [0, 0.05) is 0 Å². The average molecular weight is 273 g/mol. The Bertz CT molecular complexity index is 81.8. The Labute approximate surface area is 87.3 Å². The van der Waals surface area contributed by atoms with Gasteiger partial charge in [-0.05, 0) is 12.3 Å². The van der Waals surface area contributed by atoms with Gasteiger partial charge in [0.15, 0.2) is 0 Å². The zero-order chi connectivity index (χ0) is 9.66. The molecule has 0 atom stereocenters. The second-order valence-corrected chi connectivity index (χ2v) is 6.56. The third-order valence-electron chi connectivity index (χ3n) is 0.931. The summed E-state index contributed by atoms with van der Waals surface area (Å²) in [4.78, 5) is 0. The van der Waals surface area contributed by atoms with E-state index in [1.807, 2.05) is 12.2 Å². The fourth-order valence-corrected chi connectivity index (χ4v) is 1.91. The summed E-state index contributed by atoms with van der Waals surface area (Å²) >= 11 is 0.769. The molecule has 0 aliphatic heterocycles. The van der Waals surface area contributed by atoms with Gasteiger partial charge in [-0.1, -0.05) is 12.2 Å². The molecule has 0 spiro atoms. The van der Waals surface area contributed by atoms with Crippen molar-refractivity contribution >= 4 is 8.58 Å². The quantitative estimate of drug-likeness (QED) is 0.297. The molecule has 2 heteroatoms. The van der Waals surface area contributed by atoms with Crippen LogP contribution in [0.4, 0.5) is 0 Å². The first-order valence-electron chi connectivity index (χ1n) is 4.25. The molecule has 0 N–H and O–H groups in total. The predicted molar refractivity (Wildman–Crippen MR) is 59.4 cm³/mol. The summed E-state index contributed by atoms with van der Waals surface area (Å²) in [5.41, 5.74) is 0. The molecule has 0 bridgehead atoms. The van der Waals surface area contributed by atoms with Crippen molar-refractivity contribution in [2.24, 2.45) is 0 Å². The van der Waals surface area contributed by atoms with Crippen LogP contribution in [0.2, 0.25) is 10.0 Å². The van der Waals surface area contributed by atoms with Gasteiger partial charge in [-0.3, -0.25) is 0 Å². The SMILES string of the molecule is C=CCPCC=C.C[CH2][Ru][CH2]C. The second kappa shape index (κ2) is 17.6. The molecular weight excluding hydrogens is 252 g/mol. The number of hydrogen-bond acceptors (Lipinski definition) is 0. The van der Waals surface area contributed by atoms with Crippen LogP contribution in [0.25, 0.3) is 0 Å². The van der Waals surface area contributed by atoms with Crippen LogP contribution in [0.5, 0.6) is 0 Å². The van der Waals surface area contributed by atoms with Crippen molar-refractivity contribution in [3.63, 3.8) is 0 Å². The van der Waals surface area contributed by atoms with E-state index < -0.39 is 0 Å². The Morgan fingerprint density at radius 3 is 1.67 bits per heavy atom. The summed E-state index contributed by atoms with van der Waals surface area (Å²) in [6.45, 7) is 11.7. The molecule has 12 heavy (non-hydrogen) atoms. The Morgan fingerprint density at radius 2 is 1.50 bits per heavy atom. The van der Waals surface area contributed by atoms with E-state index in [0.29, 0.717) is 0 Å². The monoisotopic (exact) mass is 274 g/mol. The van der Waals surface area contributed by atoms with Crippen LogP contribution < -0.4 is 0 Å². The van der Waals surface area contributed by atoms with Crippen LogP contribution in [0.1, 0.15) is 13.8 Å². The molecule has 0 aromatic heterocycles. The molecule has 0 rings (SSSR count). The van der Waals surface area contributed by atoms with Crippen LogP contribution >= 0.6 is 8.58 Å². The molecule has 0 unspecified atom stereocenters. The van der Waals surface area contributed by atoms with E-state index in [1.165, 1.54) is 10.0 Å². The van der Waals surface area contributed by atoms with Crippen molar-refractivity contribution in [2.75, 3.05) is 12.3 Å². The number of allylic oxidation sites excluding steroid dienone is 2. The van der Waals surface area contributed by atoms with Crippen molar-refractivity contribution in [1.29, 1.82) is 0 Å². The maximum atomic E-state index is 3.61. The summed E-state index contributed by atoms with van der Waals surface area (Å²) in [6.07, 6.45) is 6.18. The molecule has 0 radical (unpaired) electrons. The molecule has 74 valence electrons. The van der Waals surface area contributed by atoms with E-state index in [1.54, 1.807) is 0 Å². The van der Waals surface area contributed by atoms with Crippen molar-refractivity contribution in [3.8, 4) is 0 Å². The Hall–Kier alpha value is 0.533. The van der Waals surface area contributed by atoms with Crippen LogP contribution in [-0.2, 0) is 17.1 Å². The normalized spacial score (nSPS) is 8.50. The third-order valence-corrected chi connectivity index (χ3v) is 3.82. The van der Waals surface area contributed by atoms with Crippen molar-refractivity contribution in [1.82, 2.24) is 0 Å². The summed E-state index contributed by atoms with van der Waals surface area (Å²) in [5.74, 6) is 0. The Morgan fingerprint density at radius 1 is 1.08 bits per heavy atom. The van der Waals surface area contributed by atoms with Gasteiger partial charge >= 0.3 is 41.0 Å². The molecule has 0 aromatic rings. The topological polar surface area (TPSA) is 0 Å². The van der Waals surface area contributed by atoms with Crippen LogP contribution in [0, 0.1) is 0 Å². The zero-order valence-electron chi connectivity index (χ0n) is 8.25. The summed E-state index contributed by atoms with van der Waals surface area (Å²) < 4.78 is 0. The zero-order valence-corrected chi connectivity index (χ0v) is 11.0. The summed E-state index contributed by atoms with van der Waals surface area (Å²) in [5, 5.41) is 2.87. The fourth-order valence-electron chi connectivity index (χ4n) is 0.464. The van der Waals surface area contributed by atoms with Gasteiger partial charge in [0.05, 0.1) is 0 Å². The predicted octanol–water partition coefficient (Wildman–Crippen LogP) is 3.98. The minimum absolute atomic E-state index is 0.769. The van der Waals surface area contributed by atoms with E-state index in [-0.39, 0.29) is 0 Å². The van der Waals surface area contributed by atoms with Gasteiger partial charge in [-0.2, -0.15) is 0 Å². The Kier molecular flexibility index (Phi) is 22.0. The second-order valence-electron chi connectivity index (χ2n) is 1.91. The standard InChI is InChI=1S/C6H11P.2C2H5.Ru/c1-3-5-7-6-4-2;2*1-2;/h3-4,7H,1-2,5-6H2;2*1H2,2H3;. The van der Waals surface area contributed by atoms with Gasteiger partial charge in [0.2, 0.25) is 0 Å². The van der Waals surface area contributed by atoms with Gasteiger partial charge in [-0.25, -0.2) is 0 Å². The molecule has 0 aromatic carbocycles. The van der Waals surface area contributed by atoms with Crippen molar-refractivity contribution in [2.45, 2.75) is 23.9 Å². The molecule has 0 aliphatic carbocycles. The average Bonchev–Trinajstić information content (AvgIpc) is 2.08. The van der Waals surface area contributed by atoms with E-state index >= 15 is 0 Å². The van der Waals surface area contributed by atoms with Gasteiger partial charge in [-0.15, -0.1) is 21.7 Å².